The minimum atomic E-state index is -1.08. The van der Waals surface area contributed by atoms with E-state index in [4.69, 9.17) is 49.4 Å². The van der Waals surface area contributed by atoms with Crippen LogP contribution in [0.4, 0.5) is 5.69 Å². The molecule has 0 aromatic heterocycles. The Kier molecular flexibility index (Phi) is 7.32. The molecule has 8 heteroatoms. The van der Waals surface area contributed by atoms with E-state index >= 15 is 0 Å². The smallest absolute Gasteiger partial charge is 0.337 e. The Balaban J connectivity index is 1.72. The van der Waals surface area contributed by atoms with Gasteiger partial charge in [0, 0.05) is 28.3 Å². The first-order valence-electron chi connectivity index (χ1n) is 8.87. The summed E-state index contributed by atoms with van der Waals surface area (Å²) in [4.78, 5) is 11.1. The lowest BCUT2D eigenvalue weighted by molar-refractivity contribution is 0.0697. The molecule has 0 amide bonds. The summed E-state index contributed by atoms with van der Waals surface area (Å²) >= 11 is 18.4. The number of benzene rings is 3. The number of nitrogens with one attached hydrogen (secondary N) is 1. The summed E-state index contributed by atoms with van der Waals surface area (Å²) in [5.74, 6) is -0.0229. The van der Waals surface area contributed by atoms with Crippen LogP contribution in [0.2, 0.25) is 15.1 Å². The van der Waals surface area contributed by atoms with Crippen LogP contribution in [0.1, 0.15) is 21.5 Å². The lowest BCUT2D eigenvalue weighted by Gasteiger charge is -2.15. The second-order valence-corrected chi connectivity index (χ2v) is 7.62. The number of anilines is 1. The van der Waals surface area contributed by atoms with E-state index < -0.39 is 5.97 Å². The second-order valence-electron chi connectivity index (χ2n) is 6.37. The normalized spacial score (nSPS) is 10.5. The molecule has 0 fully saturated rings. The molecule has 0 atom stereocenters. The maximum absolute atomic E-state index is 11.1. The molecular weight excluding hydrogens is 449 g/mol. The zero-order chi connectivity index (χ0) is 21.7. The van der Waals surface area contributed by atoms with Crippen LogP contribution in [0.5, 0.6) is 11.5 Å². The monoisotopic (exact) mass is 465 g/mol. The molecule has 0 spiro atoms. The number of carboxylic acids is 1. The SMILES string of the molecule is COc1cc(CNc2ccc(C(=O)O)c(Cl)c2)c(Cl)cc1OCc1cccc(Cl)c1. The van der Waals surface area contributed by atoms with Gasteiger partial charge in [-0.1, -0.05) is 46.9 Å². The van der Waals surface area contributed by atoms with Crippen molar-refractivity contribution >= 4 is 46.5 Å². The summed E-state index contributed by atoms with van der Waals surface area (Å²) < 4.78 is 11.3. The number of aromatic carboxylic acids is 1. The Bertz CT molecular complexity index is 1070. The van der Waals surface area contributed by atoms with Crippen molar-refractivity contribution in [1.29, 1.82) is 0 Å². The van der Waals surface area contributed by atoms with Gasteiger partial charge in [0.25, 0.3) is 0 Å². The third-order valence-corrected chi connectivity index (χ3v) is 5.20. The van der Waals surface area contributed by atoms with Crippen molar-refractivity contribution < 1.29 is 19.4 Å². The summed E-state index contributed by atoms with van der Waals surface area (Å²) in [7, 11) is 1.55. The first kappa shape index (κ1) is 22.1. The minimum absolute atomic E-state index is 0.0446. The molecule has 156 valence electrons. The summed E-state index contributed by atoms with van der Waals surface area (Å²) in [6.45, 7) is 0.700. The van der Waals surface area contributed by atoms with Crippen molar-refractivity contribution in [2.45, 2.75) is 13.2 Å². The number of rotatable bonds is 8. The van der Waals surface area contributed by atoms with Gasteiger partial charge in [-0.25, -0.2) is 4.79 Å². The fraction of sp³-hybridized carbons (Fsp3) is 0.136. The second kappa shape index (κ2) is 9.94. The van der Waals surface area contributed by atoms with Crippen LogP contribution in [0.3, 0.4) is 0 Å². The van der Waals surface area contributed by atoms with Crippen LogP contribution >= 0.6 is 34.8 Å². The van der Waals surface area contributed by atoms with E-state index in [2.05, 4.69) is 5.32 Å². The predicted molar refractivity (Wildman–Crippen MR) is 120 cm³/mol. The van der Waals surface area contributed by atoms with E-state index in [1.54, 1.807) is 37.4 Å². The highest BCUT2D eigenvalue weighted by Crippen LogP contribution is 2.34. The number of carboxylic acid groups (broad SMARTS) is 1. The molecule has 0 aliphatic rings. The first-order valence-corrected chi connectivity index (χ1v) is 10.0. The van der Waals surface area contributed by atoms with Gasteiger partial charge in [0.1, 0.15) is 6.61 Å². The van der Waals surface area contributed by atoms with Crippen LogP contribution in [0.25, 0.3) is 0 Å². The molecule has 0 aliphatic carbocycles. The van der Waals surface area contributed by atoms with Crippen molar-refractivity contribution in [1.82, 2.24) is 0 Å². The summed E-state index contributed by atoms with van der Waals surface area (Å²) in [5, 5.41) is 13.5. The van der Waals surface area contributed by atoms with Crippen LogP contribution in [0, 0.1) is 0 Å². The van der Waals surface area contributed by atoms with E-state index in [-0.39, 0.29) is 10.6 Å². The number of carbonyl (C=O) groups is 1. The predicted octanol–water partition coefficient (Wildman–Crippen LogP) is 6.54. The molecule has 0 unspecified atom stereocenters. The molecule has 0 aliphatic heterocycles. The maximum Gasteiger partial charge on any atom is 0.337 e. The summed E-state index contributed by atoms with van der Waals surface area (Å²) in [5.41, 5.74) is 2.42. The van der Waals surface area contributed by atoms with Crippen molar-refractivity contribution in [3.8, 4) is 11.5 Å². The van der Waals surface area contributed by atoms with Crippen molar-refractivity contribution in [2.75, 3.05) is 12.4 Å². The van der Waals surface area contributed by atoms with E-state index in [9.17, 15) is 4.79 Å². The molecule has 0 saturated carbocycles. The maximum atomic E-state index is 11.1. The topological polar surface area (TPSA) is 67.8 Å². The first-order chi connectivity index (χ1) is 14.4. The lowest BCUT2D eigenvalue weighted by Crippen LogP contribution is -2.04. The fourth-order valence-electron chi connectivity index (χ4n) is 2.77. The number of hydrogen-bond donors (Lipinski definition) is 2. The van der Waals surface area contributed by atoms with E-state index in [1.807, 2.05) is 18.2 Å². The minimum Gasteiger partial charge on any atom is -0.493 e. The van der Waals surface area contributed by atoms with Gasteiger partial charge in [0.2, 0.25) is 0 Å². The van der Waals surface area contributed by atoms with Crippen LogP contribution in [-0.4, -0.2) is 18.2 Å². The van der Waals surface area contributed by atoms with Gasteiger partial charge in [0.05, 0.1) is 17.7 Å². The standard InChI is InChI=1S/C22H18Cl3NO4/c1-29-20-8-14(11-26-16-5-6-17(22(27)28)19(25)9-16)18(24)10-21(20)30-12-13-3-2-4-15(23)7-13/h2-10,26H,11-12H2,1H3,(H,27,28). The molecule has 0 radical (unpaired) electrons. The molecule has 2 N–H and O–H groups in total. The number of methoxy groups -OCH3 is 1. The quantitative estimate of drug-likeness (QED) is 0.394. The zero-order valence-electron chi connectivity index (χ0n) is 15.9. The average molecular weight is 467 g/mol. The highest BCUT2D eigenvalue weighted by molar-refractivity contribution is 6.33. The van der Waals surface area contributed by atoms with Gasteiger partial charge in [-0.05, 0) is 47.5 Å². The largest absolute Gasteiger partial charge is 0.493 e. The molecule has 3 aromatic carbocycles. The molecule has 3 rings (SSSR count). The molecule has 3 aromatic rings. The average Bonchev–Trinajstić information content (AvgIpc) is 2.71. The molecule has 0 heterocycles. The van der Waals surface area contributed by atoms with Crippen LogP contribution in [-0.2, 0) is 13.2 Å². The van der Waals surface area contributed by atoms with E-state index in [0.29, 0.717) is 40.4 Å². The van der Waals surface area contributed by atoms with Gasteiger partial charge in [-0.15, -0.1) is 0 Å². The molecule has 0 saturated heterocycles. The molecular formula is C22H18Cl3NO4. The lowest BCUT2D eigenvalue weighted by atomic mass is 10.1. The fourth-order valence-corrected chi connectivity index (χ4v) is 3.46. The molecule has 30 heavy (non-hydrogen) atoms. The van der Waals surface area contributed by atoms with Gasteiger partial charge in [-0.2, -0.15) is 0 Å². The van der Waals surface area contributed by atoms with E-state index in [1.165, 1.54) is 6.07 Å². The van der Waals surface area contributed by atoms with Crippen molar-refractivity contribution in [2.24, 2.45) is 0 Å². The summed E-state index contributed by atoms with van der Waals surface area (Å²) in [6, 6.07) is 15.5. The Hall–Kier alpha value is -2.60. The Labute approximate surface area is 189 Å². The Morgan fingerprint density at radius 1 is 1.00 bits per heavy atom. The number of hydrogen-bond acceptors (Lipinski definition) is 4. The van der Waals surface area contributed by atoms with Crippen LogP contribution < -0.4 is 14.8 Å². The van der Waals surface area contributed by atoms with Gasteiger partial charge in [-0.3, -0.25) is 0 Å². The van der Waals surface area contributed by atoms with Gasteiger partial charge in [0.15, 0.2) is 11.5 Å². The third-order valence-electron chi connectivity index (χ3n) is 4.30. The van der Waals surface area contributed by atoms with Gasteiger partial charge >= 0.3 is 5.97 Å². The highest BCUT2D eigenvalue weighted by Gasteiger charge is 2.12. The van der Waals surface area contributed by atoms with Crippen molar-refractivity contribution in [3.05, 3.63) is 86.4 Å². The van der Waals surface area contributed by atoms with Crippen molar-refractivity contribution in [3.63, 3.8) is 0 Å². The zero-order valence-corrected chi connectivity index (χ0v) is 18.2. The van der Waals surface area contributed by atoms with E-state index in [0.717, 1.165) is 11.1 Å². The number of ether oxygens (including phenoxy) is 2. The Morgan fingerprint density at radius 3 is 2.47 bits per heavy atom. The Morgan fingerprint density at radius 2 is 1.80 bits per heavy atom. The van der Waals surface area contributed by atoms with Gasteiger partial charge < -0.3 is 19.9 Å². The third kappa shape index (κ3) is 5.51. The summed E-state index contributed by atoms with van der Waals surface area (Å²) in [6.07, 6.45) is 0. The highest BCUT2D eigenvalue weighted by atomic mass is 35.5. The van der Waals surface area contributed by atoms with Crippen LogP contribution in [0.15, 0.2) is 54.6 Å². The number of halogens is 3. The molecule has 0 bridgehead atoms. The molecule has 5 nitrogen and oxygen atoms in total.